The monoisotopic (exact) mass is 570 g/mol. The van der Waals surface area contributed by atoms with Gasteiger partial charge in [-0.3, -0.25) is 14.4 Å². The molecule has 0 radical (unpaired) electrons. The molecule has 226 valence electrons. The molecule has 0 saturated carbocycles. The predicted molar refractivity (Wildman–Crippen MR) is 161 cm³/mol. The Morgan fingerprint density at radius 3 is 2.46 bits per heavy atom. The summed E-state index contributed by atoms with van der Waals surface area (Å²) in [6.07, 6.45) is 5.55. The number of pyridine rings is 1. The summed E-state index contributed by atoms with van der Waals surface area (Å²) in [5, 5.41) is 12.6. The van der Waals surface area contributed by atoms with Gasteiger partial charge >= 0.3 is 5.97 Å². The summed E-state index contributed by atoms with van der Waals surface area (Å²) in [6.45, 7) is 11.2. The summed E-state index contributed by atoms with van der Waals surface area (Å²) in [5.41, 5.74) is 2.91. The maximum atomic E-state index is 15.6. The van der Waals surface area contributed by atoms with Gasteiger partial charge in [0, 0.05) is 42.6 Å². The number of carboxylic acids is 1. The van der Waals surface area contributed by atoms with E-state index in [-0.39, 0.29) is 23.1 Å². The average Bonchev–Trinajstić information content (AvgIpc) is 2.88. The Hall–Kier alpha value is -3.20. The summed E-state index contributed by atoms with van der Waals surface area (Å²) < 4.78 is 17.1. The molecule has 0 bridgehead atoms. The van der Waals surface area contributed by atoms with Crippen LogP contribution in [0.15, 0.2) is 29.2 Å². The van der Waals surface area contributed by atoms with Gasteiger partial charge in [-0.2, -0.15) is 0 Å². The minimum absolute atomic E-state index is 0.0741. The van der Waals surface area contributed by atoms with Gasteiger partial charge in [0.2, 0.25) is 5.91 Å². The van der Waals surface area contributed by atoms with Crippen molar-refractivity contribution in [2.45, 2.75) is 91.3 Å². The Kier molecular flexibility index (Phi) is 11.1. The molecule has 1 unspecified atom stereocenters. The zero-order valence-corrected chi connectivity index (χ0v) is 25.7. The number of carbonyl (C=O) groups is 2. The Morgan fingerprint density at radius 1 is 1.15 bits per heavy atom. The number of piperidine rings is 1. The number of nitrogens with zero attached hydrogens (tertiary/aromatic N) is 3. The first kappa shape index (κ1) is 32.3. The lowest BCUT2D eigenvalue weighted by Gasteiger charge is -2.36. The lowest BCUT2D eigenvalue weighted by atomic mass is 9.96. The standard InChI is InChI=1S/C32H47FN4O4/c1-20(2)14-28(37-19-24(11-13-35(6)7)21(3)16-29(37)38)32(41)34-27(18-30(39)40)26-17-25(15-22(4)31(26)33)36-12-9-8-10-23(36)5/h15-17,19-20,23,27-28H,8-14,18H2,1-7H3,(H,34,41)(H,39,40)/t23-,27-,28?/m0/s1. The van der Waals surface area contributed by atoms with Crippen molar-refractivity contribution in [3.8, 4) is 0 Å². The van der Waals surface area contributed by atoms with Crippen molar-refractivity contribution in [1.29, 1.82) is 0 Å². The first-order chi connectivity index (χ1) is 19.3. The number of aryl methyl sites for hydroxylation is 2. The van der Waals surface area contributed by atoms with E-state index >= 15 is 4.39 Å². The number of nitrogens with one attached hydrogen (secondary N) is 1. The largest absolute Gasteiger partial charge is 0.481 e. The smallest absolute Gasteiger partial charge is 0.305 e. The van der Waals surface area contributed by atoms with E-state index in [1.54, 1.807) is 31.3 Å². The summed E-state index contributed by atoms with van der Waals surface area (Å²) in [7, 11) is 3.95. The van der Waals surface area contributed by atoms with Crippen LogP contribution in [0.1, 0.15) is 87.2 Å². The van der Waals surface area contributed by atoms with Gasteiger partial charge < -0.3 is 24.8 Å². The number of hydrogen-bond donors (Lipinski definition) is 2. The molecule has 2 heterocycles. The second kappa shape index (κ2) is 14.1. The van der Waals surface area contributed by atoms with Crippen molar-refractivity contribution in [3.63, 3.8) is 0 Å². The van der Waals surface area contributed by atoms with Crippen molar-refractivity contribution in [2.24, 2.45) is 5.92 Å². The fraction of sp³-hybridized carbons (Fsp3) is 0.594. The average molecular weight is 571 g/mol. The molecule has 1 aromatic heterocycles. The molecule has 1 aliphatic rings. The van der Waals surface area contributed by atoms with Crippen LogP contribution in [0.5, 0.6) is 0 Å². The Balaban J connectivity index is 2.02. The van der Waals surface area contributed by atoms with Gasteiger partial charge in [0.1, 0.15) is 11.9 Å². The van der Waals surface area contributed by atoms with E-state index in [0.29, 0.717) is 18.4 Å². The number of likely N-dealkylation sites (N-methyl/N-ethyl adjacent to an activating group) is 1. The molecule has 2 N–H and O–H groups in total. The maximum absolute atomic E-state index is 15.6. The first-order valence-corrected chi connectivity index (χ1v) is 14.7. The number of carbonyl (C=O) groups excluding carboxylic acids is 1. The van der Waals surface area contributed by atoms with Crippen LogP contribution in [0.4, 0.5) is 10.1 Å². The minimum atomic E-state index is -1.15. The highest BCUT2D eigenvalue weighted by molar-refractivity contribution is 5.81. The molecule has 0 spiro atoms. The van der Waals surface area contributed by atoms with E-state index in [4.69, 9.17) is 0 Å². The normalized spacial score (nSPS) is 17.1. The molecule has 0 aliphatic carbocycles. The van der Waals surface area contributed by atoms with E-state index in [0.717, 1.165) is 49.2 Å². The third-order valence-corrected chi connectivity index (χ3v) is 8.03. The molecule has 1 fully saturated rings. The van der Waals surface area contributed by atoms with Crippen molar-refractivity contribution < 1.29 is 19.1 Å². The fourth-order valence-corrected chi connectivity index (χ4v) is 5.69. The molecule has 9 heteroatoms. The Bertz CT molecular complexity index is 1290. The van der Waals surface area contributed by atoms with Gasteiger partial charge in [-0.15, -0.1) is 0 Å². The molecule has 1 amide bonds. The second-order valence-electron chi connectivity index (χ2n) is 12.3. The number of carboxylic acid groups (broad SMARTS) is 1. The molecule has 3 atom stereocenters. The molecule has 1 aliphatic heterocycles. The van der Waals surface area contributed by atoms with Crippen LogP contribution in [0.2, 0.25) is 0 Å². The number of amides is 1. The van der Waals surface area contributed by atoms with E-state index in [2.05, 4.69) is 22.0 Å². The van der Waals surface area contributed by atoms with Crippen LogP contribution in [-0.4, -0.2) is 59.7 Å². The molecule has 1 aromatic carbocycles. The predicted octanol–water partition coefficient (Wildman–Crippen LogP) is 5.01. The summed E-state index contributed by atoms with van der Waals surface area (Å²) in [6, 6.07) is 3.34. The van der Waals surface area contributed by atoms with Gasteiger partial charge in [-0.1, -0.05) is 13.8 Å². The van der Waals surface area contributed by atoms with Crippen LogP contribution in [0, 0.1) is 25.6 Å². The highest BCUT2D eigenvalue weighted by Gasteiger charge is 2.30. The molecule has 3 rings (SSSR count). The topological polar surface area (TPSA) is 94.9 Å². The number of halogens is 1. The second-order valence-corrected chi connectivity index (χ2v) is 12.3. The zero-order chi connectivity index (χ0) is 30.4. The van der Waals surface area contributed by atoms with Crippen molar-refractivity contribution in [1.82, 2.24) is 14.8 Å². The lowest BCUT2D eigenvalue weighted by Crippen LogP contribution is -2.41. The van der Waals surface area contributed by atoms with E-state index in [1.165, 1.54) is 4.57 Å². The van der Waals surface area contributed by atoms with Crippen molar-refractivity contribution in [3.05, 3.63) is 62.8 Å². The molecular formula is C32H47FN4O4. The fourth-order valence-electron chi connectivity index (χ4n) is 5.69. The van der Waals surface area contributed by atoms with Crippen LogP contribution >= 0.6 is 0 Å². The van der Waals surface area contributed by atoms with Gasteiger partial charge in [0.25, 0.3) is 5.56 Å². The third-order valence-electron chi connectivity index (χ3n) is 8.03. The summed E-state index contributed by atoms with van der Waals surface area (Å²) in [5.74, 6) is -2.10. The van der Waals surface area contributed by atoms with Gasteiger partial charge in [0.15, 0.2) is 0 Å². The van der Waals surface area contributed by atoms with E-state index in [9.17, 15) is 19.5 Å². The van der Waals surface area contributed by atoms with Crippen molar-refractivity contribution >= 4 is 17.6 Å². The number of aromatic nitrogens is 1. The van der Waals surface area contributed by atoms with Crippen LogP contribution in [-0.2, 0) is 16.0 Å². The number of aliphatic carboxylic acids is 1. The zero-order valence-electron chi connectivity index (χ0n) is 25.7. The summed E-state index contributed by atoms with van der Waals surface area (Å²) >= 11 is 0. The van der Waals surface area contributed by atoms with Crippen LogP contribution < -0.4 is 15.8 Å². The lowest BCUT2D eigenvalue weighted by molar-refractivity contribution is -0.138. The highest BCUT2D eigenvalue weighted by atomic mass is 19.1. The molecule has 8 nitrogen and oxygen atoms in total. The van der Waals surface area contributed by atoms with Crippen LogP contribution in [0.25, 0.3) is 0 Å². The van der Waals surface area contributed by atoms with Gasteiger partial charge in [0.05, 0.1) is 12.5 Å². The van der Waals surface area contributed by atoms with Gasteiger partial charge in [-0.05, 0) is 102 Å². The summed E-state index contributed by atoms with van der Waals surface area (Å²) in [4.78, 5) is 43.3. The molecule has 2 aromatic rings. The minimum Gasteiger partial charge on any atom is -0.481 e. The molecular weight excluding hydrogens is 523 g/mol. The number of rotatable bonds is 12. The number of benzene rings is 1. The van der Waals surface area contributed by atoms with Gasteiger partial charge in [-0.25, -0.2) is 4.39 Å². The Labute approximate surface area is 243 Å². The number of anilines is 1. The van der Waals surface area contributed by atoms with Crippen molar-refractivity contribution in [2.75, 3.05) is 32.1 Å². The van der Waals surface area contributed by atoms with Crippen LogP contribution in [0.3, 0.4) is 0 Å². The molecule has 41 heavy (non-hydrogen) atoms. The Morgan fingerprint density at radius 2 is 1.85 bits per heavy atom. The van der Waals surface area contributed by atoms with E-state index in [1.807, 2.05) is 34.9 Å². The third kappa shape index (κ3) is 8.41. The quantitative estimate of drug-likeness (QED) is 0.373. The molecule has 1 saturated heterocycles. The maximum Gasteiger partial charge on any atom is 0.305 e. The highest BCUT2D eigenvalue weighted by Crippen LogP contribution is 2.32. The SMILES string of the molecule is Cc1cc(=O)n(C(CC(C)C)C(=O)N[C@@H](CC(=O)O)c2cc(N3CCCC[C@@H]3C)cc(C)c2F)cc1CCN(C)C. The number of hydrogen-bond acceptors (Lipinski definition) is 5. The van der Waals surface area contributed by atoms with E-state index < -0.39 is 36.2 Å². The first-order valence-electron chi connectivity index (χ1n) is 14.7.